The van der Waals surface area contributed by atoms with E-state index in [1.807, 2.05) is 0 Å². The van der Waals surface area contributed by atoms with Crippen molar-refractivity contribution >= 4 is 49.5 Å². The molecule has 0 bridgehead atoms. The number of carbonyl (C=O) groups is 2. The number of rotatable bonds is 4. The van der Waals surface area contributed by atoms with Crippen LogP contribution in [0.3, 0.4) is 0 Å². The van der Waals surface area contributed by atoms with Crippen LogP contribution in [0.5, 0.6) is 0 Å². The van der Waals surface area contributed by atoms with Crippen molar-refractivity contribution in [2.45, 2.75) is 19.4 Å². The van der Waals surface area contributed by atoms with Gasteiger partial charge in [0.15, 0.2) is 0 Å². The van der Waals surface area contributed by atoms with Crippen LogP contribution < -0.4 is 5.32 Å². The third kappa shape index (κ3) is 4.21. The smallest absolute Gasteiger partial charge is 0.326 e. The zero-order chi connectivity index (χ0) is 14.6. The van der Waals surface area contributed by atoms with Gasteiger partial charge in [0.1, 0.15) is 6.04 Å². The highest BCUT2D eigenvalue weighted by Crippen LogP contribution is 2.26. The van der Waals surface area contributed by atoms with Gasteiger partial charge in [-0.15, -0.1) is 0 Å². The lowest BCUT2D eigenvalue weighted by Gasteiger charge is -2.24. The first-order chi connectivity index (χ1) is 8.86. The summed E-state index contributed by atoms with van der Waals surface area (Å²) >= 11 is 6.64. The van der Waals surface area contributed by atoms with E-state index in [2.05, 4.69) is 37.2 Å². The number of halogens is 2. The van der Waals surface area contributed by atoms with Crippen molar-refractivity contribution in [3.8, 4) is 0 Å². The van der Waals surface area contributed by atoms with E-state index in [-0.39, 0.29) is 0 Å². The summed E-state index contributed by atoms with van der Waals surface area (Å²) in [6.07, 6.45) is 0.348. The zero-order valence-electron chi connectivity index (χ0n) is 10.5. The summed E-state index contributed by atoms with van der Waals surface area (Å²) in [5, 5.41) is 11.7. The molecule has 0 saturated heterocycles. The van der Waals surface area contributed by atoms with Gasteiger partial charge in [-0.3, -0.25) is 0 Å². The first-order valence-electron chi connectivity index (χ1n) is 5.58. The Balaban J connectivity index is 2.81. The SMILES string of the molecule is CCC(C(=O)O)N(C)C(=O)Nc1ccc(Br)cc1Br. The molecule has 7 heteroatoms. The van der Waals surface area contributed by atoms with Crippen LogP contribution in [0.4, 0.5) is 10.5 Å². The van der Waals surface area contributed by atoms with Crippen molar-refractivity contribution in [3.63, 3.8) is 0 Å². The van der Waals surface area contributed by atoms with E-state index < -0.39 is 18.0 Å². The van der Waals surface area contributed by atoms with E-state index in [9.17, 15) is 9.59 Å². The van der Waals surface area contributed by atoms with E-state index >= 15 is 0 Å². The number of hydrogen-bond acceptors (Lipinski definition) is 2. The van der Waals surface area contributed by atoms with Gasteiger partial charge in [0, 0.05) is 16.0 Å². The van der Waals surface area contributed by atoms with Crippen molar-refractivity contribution in [1.29, 1.82) is 0 Å². The van der Waals surface area contributed by atoms with E-state index in [0.29, 0.717) is 16.6 Å². The lowest BCUT2D eigenvalue weighted by molar-refractivity contribution is -0.141. The molecule has 19 heavy (non-hydrogen) atoms. The Morgan fingerprint density at radius 2 is 2.05 bits per heavy atom. The van der Waals surface area contributed by atoms with E-state index in [1.165, 1.54) is 11.9 Å². The van der Waals surface area contributed by atoms with E-state index in [4.69, 9.17) is 5.11 Å². The average Bonchev–Trinajstić information content (AvgIpc) is 2.32. The van der Waals surface area contributed by atoms with Crippen LogP contribution in [0.25, 0.3) is 0 Å². The summed E-state index contributed by atoms with van der Waals surface area (Å²) in [6.45, 7) is 1.72. The maximum atomic E-state index is 12.0. The normalized spacial score (nSPS) is 11.8. The van der Waals surface area contributed by atoms with Crippen molar-refractivity contribution in [2.24, 2.45) is 0 Å². The highest BCUT2D eigenvalue weighted by atomic mass is 79.9. The number of carboxylic acid groups (broad SMARTS) is 1. The standard InChI is InChI=1S/C12H14Br2N2O3/c1-3-10(11(17)18)16(2)12(19)15-9-5-4-7(13)6-8(9)14/h4-6,10H,3H2,1-2H3,(H,15,19)(H,17,18). The van der Waals surface area contributed by atoms with E-state index in [1.54, 1.807) is 25.1 Å². The molecular weight excluding hydrogens is 380 g/mol. The fraction of sp³-hybridized carbons (Fsp3) is 0.333. The van der Waals surface area contributed by atoms with Gasteiger partial charge < -0.3 is 15.3 Å². The molecule has 0 aromatic heterocycles. The molecule has 0 spiro atoms. The van der Waals surface area contributed by atoms with Gasteiger partial charge >= 0.3 is 12.0 Å². The summed E-state index contributed by atoms with van der Waals surface area (Å²) in [5.74, 6) is -1.02. The molecule has 1 unspecified atom stereocenters. The summed E-state index contributed by atoms with van der Waals surface area (Å²) < 4.78 is 1.59. The Kier molecular flexibility index (Phi) is 5.81. The maximum absolute atomic E-state index is 12.0. The number of anilines is 1. The van der Waals surface area contributed by atoms with Crippen molar-refractivity contribution in [1.82, 2.24) is 4.90 Å². The van der Waals surface area contributed by atoms with Crippen molar-refractivity contribution in [2.75, 3.05) is 12.4 Å². The molecule has 2 amide bonds. The van der Waals surface area contributed by atoms with Gasteiger partial charge in [-0.25, -0.2) is 9.59 Å². The number of amides is 2. The Morgan fingerprint density at radius 1 is 1.42 bits per heavy atom. The molecule has 2 N–H and O–H groups in total. The van der Waals surface area contributed by atoms with Gasteiger partial charge in [0.2, 0.25) is 0 Å². The zero-order valence-corrected chi connectivity index (χ0v) is 13.7. The lowest BCUT2D eigenvalue weighted by atomic mass is 10.2. The van der Waals surface area contributed by atoms with Gasteiger partial charge in [0.25, 0.3) is 0 Å². The number of urea groups is 1. The number of benzene rings is 1. The molecule has 0 aliphatic heterocycles. The molecular formula is C12H14Br2N2O3. The third-order valence-corrected chi connectivity index (χ3v) is 3.78. The number of nitrogens with one attached hydrogen (secondary N) is 1. The Labute approximate surface area is 128 Å². The van der Waals surface area contributed by atoms with Gasteiger partial charge in [-0.1, -0.05) is 22.9 Å². The minimum absolute atomic E-state index is 0.348. The number of aliphatic carboxylic acids is 1. The van der Waals surface area contributed by atoms with Crippen LogP contribution >= 0.6 is 31.9 Å². The van der Waals surface area contributed by atoms with Crippen LogP contribution in [-0.4, -0.2) is 35.1 Å². The molecule has 0 saturated carbocycles. The number of carbonyl (C=O) groups excluding carboxylic acids is 1. The predicted molar refractivity (Wildman–Crippen MR) is 80.3 cm³/mol. The summed E-state index contributed by atoms with van der Waals surface area (Å²) in [5.41, 5.74) is 0.584. The molecule has 0 aliphatic carbocycles. The first-order valence-corrected chi connectivity index (χ1v) is 7.17. The highest BCUT2D eigenvalue weighted by molar-refractivity contribution is 9.11. The molecule has 0 heterocycles. The van der Waals surface area contributed by atoms with Crippen LogP contribution in [0.1, 0.15) is 13.3 Å². The molecule has 5 nitrogen and oxygen atoms in total. The number of likely N-dealkylation sites (N-methyl/N-ethyl adjacent to an activating group) is 1. The molecule has 0 fully saturated rings. The number of hydrogen-bond donors (Lipinski definition) is 2. The topological polar surface area (TPSA) is 69.6 Å². The minimum atomic E-state index is -1.02. The monoisotopic (exact) mass is 392 g/mol. The maximum Gasteiger partial charge on any atom is 0.326 e. The van der Waals surface area contributed by atoms with Crippen LogP contribution in [0.2, 0.25) is 0 Å². The molecule has 1 aromatic rings. The fourth-order valence-electron chi connectivity index (χ4n) is 1.55. The number of carboxylic acids is 1. The Bertz CT molecular complexity index is 494. The summed E-state index contributed by atoms with van der Waals surface area (Å²) in [6, 6.07) is 4.01. The molecule has 0 radical (unpaired) electrons. The van der Waals surface area contributed by atoms with Gasteiger partial charge in [-0.2, -0.15) is 0 Å². The minimum Gasteiger partial charge on any atom is -0.480 e. The molecule has 1 aromatic carbocycles. The predicted octanol–water partition coefficient (Wildman–Crippen LogP) is 3.54. The second-order valence-corrected chi connectivity index (χ2v) is 5.70. The van der Waals surface area contributed by atoms with Crippen LogP contribution in [0.15, 0.2) is 27.1 Å². The van der Waals surface area contributed by atoms with Crippen LogP contribution in [-0.2, 0) is 4.79 Å². The fourth-order valence-corrected chi connectivity index (χ4v) is 2.70. The van der Waals surface area contributed by atoms with Crippen molar-refractivity contribution in [3.05, 3.63) is 27.1 Å². The van der Waals surface area contributed by atoms with Crippen molar-refractivity contribution < 1.29 is 14.7 Å². The van der Waals surface area contributed by atoms with Gasteiger partial charge in [0.05, 0.1) is 5.69 Å². The Morgan fingerprint density at radius 3 is 2.53 bits per heavy atom. The number of nitrogens with zero attached hydrogens (tertiary/aromatic N) is 1. The molecule has 1 rings (SSSR count). The molecule has 1 atom stereocenters. The molecule has 104 valence electrons. The summed E-state index contributed by atoms with van der Waals surface area (Å²) in [7, 11) is 1.46. The van der Waals surface area contributed by atoms with Crippen LogP contribution in [0, 0.1) is 0 Å². The largest absolute Gasteiger partial charge is 0.480 e. The Hall–Kier alpha value is -1.08. The summed E-state index contributed by atoms with van der Waals surface area (Å²) in [4.78, 5) is 24.2. The second kappa shape index (κ2) is 6.91. The molecule has 0 aliphatic rings. The second-order valence-electron chi connectivity index (χ2n) is 3.93. The average molecular weight is 394 g/mol. The van der Waals surface area contributed by atoms with Gasteiger partial charge in [-0.05, 0) is 40.5 Å². The van der Waals surface area contributed by atoms with E-state index in [0.717, 1.165) is 4.47 Å². The lowest BCUT2D eigenvalue weighted by Crippen LogP contribution is -2.44. The first kappa shape index (κ1) is 16.0. The third-order valence-electron chi connectivity index (χ3n) is 2.63. The highest BCUT2D eigenvalue weighted by Gasteiger charge is 2.24. The quantitative estimate of drug-likeness (QED) is 0.821.